The molecule has 5 heteroatoms. The summed E-state index contributed by atoms with van der Waals surface area (Å²) in [6.07, 6.45) is 1.89. The number of hydrogen-bond donors (Lipinski definition) is 1. The van der Waals surface area contributed by atoms with E-state index in [0.717, 1.165) is 89.2 Å². The van der Waals surface area contributed by atoms with Crippen molar-refractivity contribution in [2.45, 2.75) is 85.5 Å². The fourth-order valence-electron chi connectivity index (χ4n) is 9.68. The second-order valence-corrected chi connectivity index (χ2v) is 20.8. The smallest absolute Gasteiger partial charge is 0.148 e. The maximum atomic E-state index is 12.4. The van der Waals surface area contributed by atoms with Gasteiger partial charge in [0.15, 0.2) is 0 Å². The van der Waals surface area contributed by atoms with Crippen LogP contribution in [0.1, 0.15) is 104 Å². The number of aromatic nitrogens is 3. The van der Waals surface area contributed by atoms with Crippen LogP contribution in [0.5, 0.6) is 5.75 Å². The molecule has 0 aliphatic carbocycles. The zero-order chi connectivity index (χ0) is 50.5. The molecule has 10 rings (SSSR count). The van der Waals surface area contributed by atoms with E-state index in [-0.39, 0.29) is 44.1 Å². The second kappa shape index (κ2) is 20.5. The molecule has 0 unspecified atom stereocenters. The minimum absolute atomic E-state index is 0. The van der Waals surface area contributed by atoms with Gasteiger partial charge < -0.3 is 5.11 Å². The fourth-order valence-corrected chi connectivity index (χ4v) is 9.68. The molecular formula is C67H62N3OPt-. The summed E-state index contributed by atoms with van der Waals surface area (Å²) in [7, 11) is 0. The van der Waals surface area contributed by atoms with Gasteiger partial charge >= 0.3 is 0 Å². The Labute approximate surface area is 442 Å². The Morgan fingerprint density at radius 3 is 1.75 bits per heavy atom. The van der Waals surface area contributed by atoms with Crippen LogP contribution in [0, 0.1) is 6.07 Å². The van der Waals surface area contributed by atoms with E-state index in [2.05, 4.69) is 229 Å². The summed E-state index contributed by atoms with van der Waals surface area (Å²) in [4.78, 5) is 10.6. The van der Waals surface area contributed by atoms with E-state index in [4.69, 9.17) is 9.97 Å². The average Bonchev–Trinajstić information content (AvgIpc) is 3.78. The summed E-state index contributed by atoms with van der Waals surface area (Å²) >= 11 is 0. The number of rotatable bonds is 11. The van der Waals surface area contributed by atoms with Crippen LogP contribution in [0.4, 0.5) is 0 Å². The van der Waals surface area contributed by atoms with Crippen molar-refractivity contribution in [2.75, 3.05) is 0 Å². The predicted octanol–water partition coefficient (Wildman–Crippen LogP) is 18.3. The van der Waals surface area contributed by atoms with Crippen LogP contribution >= 0.6 is 0 Å². The number of benzene rings is 8. The second-order valence-electron chi connectivity index (χ2n) is 20.8. The maximum absolute atomic E-state index is 12.4. The molecule has 0 aliphatic heterocycles. The fraction of sp³-hybridized carbons (Fsp3) is 0.194. The molecule has 0 radical (unpaired) electrons. The number of nitrogens with zero attached hydrogens (tertiary/aromatic N) is 3. The first-order chi connectivity index (χ1) is 34.5. The molecule has 2 heterocycles. The molecule has 0 spiro atoms. The Balaban J connectivity index is 0.00000656. The van der Waals surface area contributed by atoms with Gasteiger partial charge in [0.25, 0.3) is 0 Å². The van der Waals surface area contributed by atoms with Gasteiger partial charge in [0.1, 0.15) is 11.6 Å². The van der Waals surface area contributed by atoms with Crippen LogP contribution in [0.3, 0.4) is 0 Å². The van der Waals surface area contributed by atoms with Crippen LogP contribution in [-0.2, 0) is 26.5 Å². The summed E-state index contributed by atoms with van der Waals surface area (Å²) in [5.74, 6) is 0.298. The molecule has 1 N–H and O–H groups in total. The molecule has 0 amide bonds. The minimum atomic E-state index is -0.847. The van der Waals surface area contributed by atoms with E-state index in [1.807, 2.05) is 32.2 Å². The zero-order valence-electron chi connectivity index (χ0n) is 43.7. The van der Waals surface area contributed by atoms with Crippen molar-refractivity contribution in [1.82, 2.24) is 14.5 Å². The number of phenols is 1. The van der Waals surface area contributed by atoms with Crippen molar-refractivity contribution in [3.63, 3.8) is 0 Å². The summed E-state index contributed by atoms with van der Waals surface area (Å²) in [5, 5.41) is 12.4. The van der Waals surface area contributed by atoms with Crippen LogP contribution < -0.4 is 0 Å². The van der Waals surface area contributed by atoms with Gasteiger partial charge in [-0.1, -0.05) is 219 Å². The zero-order valence-corrected chi connectivity index (χ0v) is 44.9. The van der Waals surface area contributed by atoms with Crippen molar-refractivity contribution in [3.8, 4) is 89.7 Å². The molecule has 10 aromatic rings. The number of hydrogen-bond acceptors (Lipinski definition) is 3. The molecule has 0 saturated carbocycles. The number of fused-ring (bicyclic) bond motifs is 1. The van der Waals surface area contributed by atoms with Crippen LogP contribution in [0.15, 0.2) is 188 Å². The van der Waals surface area contributed by atoms with Gasteiger partial charge in [-0.3, -0.25) is 9.55 Å². The number of aromatic hydroxyl groups is 1. The quantitative estimate of drug-likeness (QED) is 0.131. The van der Waals surface area contributed by atoms with E-state index >= 15 is 0 Å². The maximum Gasteiger partial charge on any atom is 0.148 e. The molecule has 2 aromatic heterocycles. The van der Waals surface area contributed by atoms with E-state index in [0.29, 0.717) is 11.4 Å². The van der Waals surface area contributed by atoms with E-state index < -0.39 is 5.89 Å². The van der Waals surface area contributed by atoms with E-state index in [1.165, 1.54) is 16.7 Å². The molecule has 0 saturated heterocycles. The molecule has 8 aromatic carbocycles. The normalized spacial score (nSPS) is 12.1. The molecule has 72 heavy (non-hydrogen) atoms. The molecule has 0 aliphatic rings. The first-order valence-corrected chi connectivity index (χ1v) is 24.9. The Bertz CT molecular complexity index is 3580. The molecular weight excluding hydrogens is 1060 g/mol. The minimum Gasteiger partial charge on any atom is -0.507 e. The molecule has 0 bridgehead atoms. The van der Waals surface area contributed by atoms with Crippen LogP contribution in [0.2, 0.25) is 0 Å². The molecule has 0 atom stereocenters. The molecule has 0 fully saturated rings. The van der Waals surface area contributed by atoms with Gasteiger partial charge in [-0.15, -0.1) is 23.8 Å². The first kappa shape index (κ1) is 48.5. The Kier molecular flexibility index (Phi) is 13.8. The molecule has 4 nitrogen and oxygen atoms in total. The van der Waals surface area contributed by atoms with E-state index in [1.54, 1.807) is 0 Å². The summed E-state index contributed by atoms with van der Waals surface area (Å²) in [6, 6.07) is 67.9. The van der Waals surface area contributed by atoms with Gasteiger partial charge in [-0.2, -0.15) is 0 Å². The largest absolute Gasteiger partial charge is 0.507 e. The van der Waals surface area contributed by atoms with Gasteiger partial charge in [0.05, 0.1) is 22.3 Å². The van der Waals surface area contributed by atoms with E-state index in [9.17, 15) is 6.48 Å². The third-order valence-corrected chi connectivity index (χ3v) is 13.9. The number of pyridine rings is 1. The van der Waals surface area contributed by atoms with Crippen LogP contribution in [0.25, 0.3) is 95.0 Å². The van der Waals surface area contributed by atoms with Crippen molar-refractivity contribution >= 4 is 11.0 Å². The SMILES string of the molecule is [2H]C(C)(C)c1ccc(-n2c(-c3cc(C(C)C)cc(C(C)C)c3O)nc3c(-c4[c-]c(-c5cc(-c6ccc(-c7ccccc7)cc6)ccn5)cc(-c5ccccc5)c4)cccc32)c(-c2ccc(C(C)(C)C)cc2)c1.[Pt]. The van der Waals surface area contributed by atoms with Crippen LogP contribution in [-0.4, -0.2) is 19.6 Å². The average molecular weight is 1120 g/mol. The monoisotopic (exact) mass is 1120 g/mol. The first-order valence-electron chi connectivity index (χ1n) is 25.4. The Hall–Kier alpha value is -7.13. The number of para-hydroxylation sites is 1. The van der Waals surface area contributed by atoms with Gasteiger partial charge in [0, 0.05) is 39.9 Å². The van der Waals surface area contributed by atoms with Crippen molar-refractivity contribution in [2.24, 2.45) is 0 Å². The topological polar surface area (TPSA) is 50.9 Å². The third kappa shape index (κ3) is 9.90. The van der Waals surface area contributed by atoms with Gasteiger partial charge in [-0.25, -0.2) is 4.98 Å². The number of phenolic OH excluding ortho intramolecular Hbond substituents is 1. The Morgan fingerprint density at radius 2 is 1.12 bits per heavy atom. The summed E-state index contributed by atoms with van der Waals surface area (Å²) in [6.45, 7) is 19.2. The summed E-state index contributed by atoms with van der Waals surface area (Å²) in [5.41, 5.74) is 19.5. The van der Waals surface area contributed by atoms with Gasteiger partial charge in [-0.05, 0) is 109 Å². The van der Waals surface area contributed by atoms with Crippen molar-refractivity contribution in [3.05, 3.63) is 217 Å². The van der Waals surface area contributed by atoms with Crippen molar-refractivity contribution in [1.29, 1.82) is 0 Å². The Morgan fingerprint density at radius 1 is 0.528 bits per heavy atom. The third-order valence-electron chi connectivity index (χ3n) is 13.9. The standard InChI is InChI=1S/C67H62N3O.Pt/c1-42(2)50-29-32-62(59(38-50)49-27-30-56(31-28-49)67(7,8)9)70-63-22-16-21-57(64(63)69-66(70)60-40-52(43(3)4)39-58(44(5)6)65(60)71)54-35-53(46-19-14-11-15-20-46)36-55(37-54)61-41-51(33-34-68-61)48-25-23-47(24-26-48)45-17-12-10-13-18-45;/h10-36,38-44,71H,1-9H3;/q-1;/i42D;. The summed E-state index contributed by atoms with van der Waals surface area (Å²) < 4.78 is 11.4. The number of imidazole rings is 1. The van der Waals surface area contributed by atoms with Crippen molar-refractivity contribution < 1.29 is 27.5 Å². The molecule has 362 valence electrons. The van der Waals surface area contributed by atoms with Gasteiger partial charge in [0.2, 0.25) is 0 Å². The predicted molar refractivity (Wildman–Crippen MR) is 298 cm³/mol.